The number of methoxy groups -OCH3 is 1. The van der Waals surface area contributed by atoms with Gasteiger partial charge in [0.2, 0.25) is 5.88 Å². The number of aryl methyl sites for hydroxylation is 1. The monoisotopic (exact) mass is 365 g/mol. The highest BCUT2D eigenvalue weighted by Crippen LogP contribution is 2.23. The first-order chi connectivity index (χ1) is 13.1. The molecule has 0 spiro atoms. The Morgan fingerprint density at radius 2 is 1.93 bits per heavy atom. The molecule has 0 aliphatic carbocycles. The molecule has 138 valence electrons. The molecular weight excluding hydrogens is 346 g/mol. The van der Waals surface area contributed by atoms with Crippen molar-refractivity contribution >= 4 is 11.7 Å². The van der Waals surface area contributed by atoms with Gasteiger partial charge in [-0.05, 0) is 25.1 Å². The number of para-hydroxylation sites is 1. The average molecular weight is 365 g/mol. The minimum absolute atomic E-state index is 0.153. The molecule has 0 saturated carbocycles. The van der Waals surface area contributed by atoms with Crippen molar-refractivity contribution in [2.24, 2.45) is 0 Å². The first-order valence-electron chi connectivity index (χ1n) is 8.60. The maximum Gasteiger partial charge on any atom is 0.277 e. The summed E-state index contributed by atoms with van der Waals surface area (Å²) in [5, 5.41) is 4.48. The summed E-state index contributed by atoms with van der Waals surface area (Å²) in [5.74, 6) is 2.12. The molecule has 0 N–H and O–H groups in total. The zero-order valence-electron chi connectivity index (χ0n) is 15.1. The topological polar surface area (TPSA) is 82.4 Å². The summed E-state index contributed by atoms with van der Waals surface area (Å²) < 4.78 is 12.6. The number of amides is 1. The van der Waals surface area contributed by atoms with Gasteiger partial charge >= 0.3 is 0 Å². The number of benzene rings is 1. The van der Waals surface area contributed by atoms with E-state index in [9.17, 15) is 4.79 Å². The van der Waals surface area contributed by atoms with Crippen molar-refractivity contribution in [1.29, 1.82) is 0 Å². The SMILES string of the molecule is COc1cc(N2CCn3nc(COc4ccccc4)cc3C2=O)nc(C)n1. The first kappa shape index (κ1) is 17.0. The maximum absolute atomic E-state index is 12.9. The van der Waals surface area contributed by atoms with E-state index in [1.807, 2.05) is 30.3 Å². The summed E-state index contributed by atoms with van der Waals surface area (Å²) >= 11 is 0. The van der Waals surface area contributed by atoms with Crippen LogP contribution in [-0.4, -0.2) is 39.3 Å². The van der Waals surface area contributed by atoms with Gasteiger partial charge < -0.3 is 9.47 Å². The molecule has 3 aromatic rings. The van der Waals surface area contributed by atoms with Crippen LogP contribution in [0.5, 0.6) is 11.6 Å². The van der Waals surface area contributed by atoms with E-state index < -0.39 is 0 Å². The second kappa shape index (κ2) is 7.06. The minimum Gasteiger partial charge on any atom is -0.487 e. The summed E-state index contributed by atoms with van der Waals surface area (Å²) in [6.45, 7) is 3.13. The summed E-state index contributed by atoms with van der Waals surface area (Å²) in [6, 6.07) is 12.9. The lowest BCUT2D eigenvalue weighted by Crippen LogP contribution is -2.41. The molecule has 2 aromatic heterocycles. The Bertz CT molecular complexity index is 971. The number of ether oxygens (including phenoxy) is 2. The van der Waals surface area contributed by atoms with E-state index >= 15 is 0 Å². The van der Waals surface area contributed by atoms with Gasteiger partial charge in [-0.25, -0.2) is 4.98 Å². The van der Waals surface area contributed by atoms with Gasteiger partial charge in [0.05, 0.1) is 13.7 Å². The fraction of sp³-hybridized carbons (Fsp3) is 0.263. The van der Waals surface area contributed by atoms with E-state index in [1.165, 1.54) is 7.11 Å². The summed E-state index contributed by atoms with van der Waals surface area (Å²) in [4.78, 5) is 23.1. The Morgan fingerprint density at radius 1 is 1.11 bits per heavy atom. The molecule has 0 atom stereocenters. The Labute approximate surface area is 156 Å². The summed E-state index contributed by atoms with van der Waals surface area (Å²) in [7, 11) is 1.54. The van der Waals surface area contributed by atoms with Crippen molar-refractivity contribution < 1.29 is 14.3 Å². The molecule has 8 heteroatoms. The van der Waals surface area contributed by atoms with Crippen LogP contribution in [0.25, 0.3) is 0 Å². The van der Waals surface area contributed by atoms with Crippen LogP contribution in [0.2, 0.25) is 0 Å². The lowest BCUT2D eigenvalue weighted by atomic mass is 10.2. The minimum atomic E-state index is -0.153. The highest BCUT2D eigenvalue weighted by Gasteiger charge is 2.29. The second-order valence-corrected chi connectivity index (χ2v) is 6.12. The summed E-state index contributed by atoms with van der Waals surface area (Å²) in [5.41, 5.74) is 1.23. The van der Waals surface area contributed by atoms with Gasteiger partial charge in [-0.15, -0.1) is 0 Å². The van der Waals surface area contributed by atoms with Crippen LogP contribution in [0.15, 0.2) is 42.5 Å². The van der Waals surface area contributed by atoms with Crippen molar-refractivity contribution in [2.45, 2.75) is 20.1 Å². The zero-order chi connectivity index (χ0) is 18.8. The third-order valence-electron chi connectivity index (χ3n) is 4.25. The van der Waals surface area contributed by atoms with Crippen LogP contribution in [0.4, 0.5) is 5.82 Å². The van der Waals surface area contributed by atoms with Gasteiger partial charge in [0.25, 0.3) is 5.91 Å². The van der Waals surface area contributed by atoms with E-state index in [1.54, 1.807) is 28.6 Å². The normalized spacial score (nSPS) is 13.4. The Kier molecular flexibility index (Phi) is 4.45. The third-order valence-corrected chi connectivity index (χ3v) is 4.25. The van der Waals surface area contributed by atoms with Crippen LogP contribution >= 0.6 is 0 Å². The molecule has 0 bridgehead atoms. The Morgan fingerprint density at radius 3 is 2.70 bits per heavy atom. The lowest BCUT2D eigenvalue weighted by molar-refractivity contribution is 0.0961. The molecule has 3 heterocycles. The van der Waals surface area contributed by atoms with Crippen LogP contribution in [0, 0.1) is 6.92 Å². The Hall–Kier alpha value is -3.42. The highest BCUT2D eigenvalue weighted by atomic mass is 16.5. The van der Waals surface area contributed by atoms with E-state index in [0.29, 0.717) is 48.6 Å². The van der Waals surface area contributed by atoms with Gasteiger partial charge in [0.1, 0.15) is 35.4 Å². The first-order valence-corrected chi connectivity index (χ1v) is 8.60. The molecular formula is C19H19N5O3. The summed E-state index contributed by atoms with van der Waals surface area (Å²) in [6.07, 6.45) is 0. The van der Waals surface area contributed by atoms with Crippen LogP contribution < -0.4 is 14.4 Å². The lowest BCUT2D eigenvalue weighted by Gasteiger charge is -2.26. The van der Waals surface area contributed by atoms with E-state index in [4.69, 9.17) is 9.47 Å². The number of nitrogens with zero attached hydrogens (tertiary/aromatic N) is 5. The number of carbonyl (C=O) groups is 1. The molecule has 1 amide bonds. The van der Waals surface area contributed by atoms with Gasteiger partial charge in [-0.1, -0.05) is 18.2 Å². The smallest absolute Gasteiger partial charge is 0.277 e. The average Bonchev–Trinajstić information content (AvgIpc) is 3.11. The third kappa shape index (κ3) is 3.46. The van der Waals surface area contributed by atoms with Crippen LogP contribution in [-0.2, 0) is 13.2 Å². The quantitative estimate of drug-likeness (QED) is 0.690. The number of aromatic nitrogens is 4. The largest absolute Gasteiger partial charge is 0.487 e. The molecule has 0 unspecified atom stereocenters. The molecule has 0 fully saturated rings. The van der Waals surface area contributed by atoms with E-state index in [-0.39, 0.29) is 5.91 Å². The number of rotatable bonds is 5. The number of anilines is 1. The number of hydrogen-bond acceptors (Lipinski definition) is 6. The molecule has 1 aliphatic heterocycles. The number of hydrogen-bond donors (Lipinski definition) is 0. The van der Waals surface area contributed by atoms with Gasteiger partial charge in [-0.2, -0.15) is 10.1 Å². The van der Waals surface area contributed by atoms with Crippen molar-refractivity contribution in [3.05, 3.63) is 59.7 Å². The maximum atomic E-state index is 12.9. The molecule has 0 saturated heterocycles. The standard InChI is InChI=1S/C19H19N5O3/c1-13-20-17(11-18(21-13)26-2)23-8-9-24-16(19(23)25)10-14(22-24)12-27-15-6-4-3-5-7-15/h3-7,10-11H,8-9,12H2,1-2H3. The van der Waals surface area contributed by atoms with Crippen LogP contribution in [0.3, 0.4) is 0 Å². The van der Waals surface area contributed by atoms with Crippen LogP contribution in [0.1, 0.15) is 22.0 Å². The van der Waals surface area contributed by atoms with Crippen molar-refractivity contribution in [3.8, 4) is 11.6 Å². The Balaban J connectivity index is 1.54. The molecule has 4 rings (SSSR count). The van der Waals surface area contributed by atoms with Gasteiger partial charge in [0, 0.05) is 12.6 Å². The van der Waals surface area contributed by atoms with Gasteiger partial charge in [0.15, 0.2) is 0 Å². The highest BCUT2D eigenvalue weighted by molar-refractivity contribution is 6.05. The van der Waals surface area contributed by atoms with E-state index in [2.05, 4.69) is 15.1 Å². The van der Waals surface area contributed by atoms with Crippen molar-refractivity contribution in [2.75, 3.05) is 18.6 Å². The fourth-order valence-electron chi connectivity index (χ4n) is 2.98. The molecule has 27 heavy (non-hydrogen) atoms. The van der Waals surface area contributed by atoms with Crippen molar-refractivity contribution in [1.82, 2.24) is 19.7 Å². The van der Waals surface area contributed by atoms with E-state index in [0.717, 1.165) is 5.75 Å². The number of carbonyl (C=O) groups excluding carboxylic acids is 1. The zero-order valence-corrected chi connectivity index (χ0v) is 15.1. The fourth-order valence-corrected chi connectivity index (χ4v) is 2.98. The predicted molar refractivity (Wildman–Crippen MR) is 98.0 cm³/mol. The van der Waals surface area contributed by atoms with Gasteiger partial charge in [-0.3, -0.25) is 14.4 Å². The number of fused-ring (bicyclic) bond motifs is 1. The second-order valence-electron chi connectivity index (χ2n) is 6.12. The molecule has 1 aliphatic rings. The van der Waals surface area contributed by atoms with Crippen molar-refractivity contribution in [3.63, 3.8) is 0 Å². The molecule has 8 nitrogen and oxygen atoms in total. The predicted octanol–water partition coefficient (Wildman–Crippen LogP) is 2.23. The molecule has 1 aromatic carbocycles. The molecule has 0 radical (unpaired) electrons.